The van der Waals surface area contributed by atoms with Gasteiger partial charge in [0.05, 0.1) is 33.6 Å². The van der Waals surface area contributed by atoms with E-state index in [0.29, 0.717) is 32.7 Å². The number of ether oxygens (including phenoxy) is 1. The topological polar surface area (TPSA) is 262 Å². The van der Waals surface area contributed by atoms with E-state index in [1.165, 1.54) is 27.8 Å². The van der Waals surface area contributed by atoms with E-state index in [9.17, 15) is 58.9 Å². The standard InChI is InChI=1S/C11H10ClNO3S.C11H11NO4S.C9H7NO3.C5H10O4S.Cl3OP/c1-13-8-6-4-3-5-7(8)9(12)10(11(13)14)17(2,15)16;1-12-8-6-4-3-5-7(8)9(13)10(11(12)14)17(2,15)16;1-10-7-5-3-2-4-6(7)8(11)13-9(10)12;1-3-9-5(6)4-10(2,7)8;1-5(2,3)4/h3-6H,1-2H3;3-6,13H,1-2H3;2-5H,1H3;3-4H2,1-2H3;. The Kier molecular flexibility index (Phi) is 18.8. The molecule has 3 aromatic heterocycles. The summed E-state index contributed by atoms with van der Waals surface area (Å²) in [6.45, 7) is 1.84. The molecule has 6 aromatic rings. The van der Waals surface area contributed by atoms with Crippen molar-refractivity contribution in [1.82, 2.24) is 13.7 Å². The van der Waals surface area contributed by atoms with Crippen LogP contribution in [0, 0.1) is 0 Å². The van der Waals surface area contributed by atoms with Crippen molar-refractivity contribution in [1.29, 1.82) is 0 Å². The number of sulfone groups is 3. The minimum absolute atomic E-state index is 0.00815. The van der Waals surface area contributed by atoms with Crippen molar-refractivity contribution in [2.24, 2.45) is 21.1 Å². The molecule has 0 spiro atoms. The first kappa shape index (κ1) is 53.7. The van der Waals surface area contributed by atoms with Crippen LogP contribution < -0.4 is 22.5 Å². The molecule has 62 heavy (non-hydrogen) atoms. The number of rotatable bonds is 5. The highest BCUT2D eigenvalue weighted by Crippen LogP contribution is 2.61. The van der Waals surface area contributed by atoms with E-state index in [1.807, 2.05) is 0 Å². The number of carbonyl (C=O) groups is 1. The summed E-state index contributed by atoms with van der Waals surface area (Å²) in [6, 6.07) is 20.3. The minimum Gasteiger partial charge on any atom is -0.506 e. The number of aryl methyl sites for hydroxylation is 3. The summed E-state index contributed by atoms with van der Waals surface area (Å²) < 4.78 is 89.2. The van der Waals surface area contributed by atoms with Crippen LogP contribution in [-0.2, 0) is 64.8 Å². The number of para-hydroxylation sites is 3. The largest absolute Gasteiger partial charge is 0.506 e. The van der Waals surface area contributed by atoms with Gasteiger partial charge in [-0.1, -0.05) is 54.1 Å². The lowest BCUT2D eigenvalue weighted by Crippen LogP contribution is -2.24. The monoisotopic (exact) mass is 1020 g/mol. The fourth-order valence-corrected chi connectivity index (χ4v) is 8.17. The summed E-state index contributed by atoms with van der Waals surface area (Å²) in [5.74, 6) is -2.33. The Balaban J connectivity index is 0.000000279. The highest BCUT2D eigenvalue weighted by Gasteiger charge is 2.23. The molecule has 0 saturated heterocycles. The van der Waals surface area contributed by atoms with Crippen LogP contribution in [0.25, 0.3) is 32.7 Å². The maximum Gasteiger partial charge on any atom is 0.422 e. The summed E-state index contributed by atoms with van der Waals surface area (Å²) in [4.78, 5) is 55.6. The minimum atomic E-state index is -3.76. The molecule has 1 N–H and O–H groups in total. The number of pyridine rings is 2. The van der Waals surface area contributed by atoms with E-state index >= 15 is 0 Å². The maximum absolute atomic E-state index is 11.9. The van der Waals surface area contributed by atoms with Crippen molar-refractivity contribution in [2.75, 3.05) is 31.1 Å². The van der Waals surface area contributed by atoms with Crippen molar-refractivity contribution >= 4 is 119 Å². The molecule has 0 aliphatic carbocycles. The summed E-state index contributed by atoms with van der Waals surface area (Å²) in [5, 5.41) is 7.98. The molecule has 3 aromatic carbocycles. The number of fused-ring (bicyclic) bond motifs is 3. The van der Waals surface area contributed by atoms with Gasteiger partial charge >= 0.3 is 22.6 Å². The molecule has 0 aliphatic heterocycles. The summed E-state index contributed by atoms with van der Waals surface area (Å²) in [5.41, 5.74) is -0.223. The smallest absolute Gasteiger partial charge is 0.422 e. The lowest BCUT2D eigenvalue weighted by Gasteiger charge is -2.10. The highest BCUT2D eigenvalue weighted by molar-refractivity contribution is 8.24. The van der Waals surface area contributed by atoms with Gasteiger partial charge in [-0.05, 0) is 71.0 Å². The Morgan fingerprint density at radius 3 is 1.47 bits per heavy atom. The van der Waals surface area contributed by atoms with Crippen LogP contribution in [0.5, 0.6) is 5.75 Å². The molecule has 338 valence electrons. The number of nitrogens with zero attached hydrogens (tertiary/aromatic N) is 3. The van der Waals surface area contributed by atoms with Gasteiger partial charge in [-0.3, -0.25) is 23.5 Å². The second kappa shape index (κ2) is 21.7. The molecule has 0 radical (unpaired) electrons. The molecule has 0 saturated carbocycles. The van der Waals surface area contributed by atoms with Gasteiger partial charge in [0.2, 0.25) is 0 Å². The first-order valence-electron chi connectivity index (χ1n) is 16.9. The van der Waals surface area contributed by atoms with Crippen LogP contribution in [0.4, 0.5) is 0 Å². The van der Waals surface area contributed by atoms with Gasteiger partial charge in [-0.2, -0.15) is 0 Å². The number of aromatic nitrogens is 3. The Bertz CT molecular complexity index is 3150. The van der Waals surface area contributed by atoms with E-state index in [4.69, 9.17) is 11.6 Å². The predicted octanol–water partition coefficient (Wildman–Crippen LogP) is 5.14. The van der Waals surface area contributed by atoms with E-state index in [1.54, 1.807) is 86.8 Å². The van der Waals surface area contributed by atoms with Crippen LogP contribution >= 0.6 is 50.5 Å². The molecular weight excluding hydrogens is 983 g/mol. The van der Waals surface area contributed by atoms with Crippen molar-refractivity contribution in [3.63, 3.8) is 0 Å². The molecule has 0 bridgehead atoms. The molecule has 0 fully saturated rings. The summed E-state index contributed by atoms with van der Waals surface area (Å²) in [7, 11) is -6.07. The number of esters is 1. The van der Waals surface area contributed by atoms with Gasteiger partial charge in [0.15, 0.2) is 39.3 Å². The fourth-order valence-electron chi connectivity index (χ4n) is 5.19. The Labute approximate surface area is 373 Å². The zero-order valence-electron chi connectivity index (χ0n) is 33.5. The highest BCUT2D eigenvalue weighted by atomic mass is 36.0. The second-order valence-electron chi connectivity index (χ2n) is 12.6. The first-order chi connectivity index (χ1) is 28.3. The number of hydrogen-bond donors (Lipinski definition) is 1. The average molecular weight is 1020 g/mol. The molecule has 3 heterocycles. The molecule has 26 heteroatoms. The number of halogens is 4. The molecular formula is C36H38Cl4N3O15PS3. The van der Waals surface area contributed by atoms with Crippen LogP contribution in [0.2, 0.25) is 5.02 Å². The number of hydrogen-bond acceptors (Lipinski definition) is 15. The predicted molar refractivity (Wildman–Crippen MR) is 241 cm³/mol. The van der Waals surface area contributed by atoms with Crippen molar-refractivity contribution in [2.45, 2.75) is 16.7 Å². The molecule has 6 rings (SSSR count). The summed E-state index contributed by atoms with van der Waals surface area (Å²) >= 11 is 19.9. The quantitative estimate of drug-likeness (QED) is 0.173. The molecule has 0 unspecified atom stereocenters. The third-order valence-corrected chi connectivity index (χ3v) is 11.3. The average Bonchev–Trinajstić information content (AvgIpc) is 3.14. The van der Waals surface area contributed by atoms with E-state index < -0.39 is 79.6 Å². The van der Waals surface area contributed by atoms with Gasteiger partial charge < -0.3 is 23.4 Å². The van der Waals surface area contributed by atoms with E-state index in [-0.39, 0.29) is 16.5 Å². The van der Waals surface area contributed by atoms with Gasteiger partial charge in [0.25, 0.3) is 11.1 Å². The normalized spacial score (nSPS) is 11.5. The van der Waals surface area contributed by atoms with Crippen LogP contribution in [0.15, 0.2) is 106 Å². The molecule has 18 nitrogen and oxygen atoms in total. The zero-order valence-corrected chi connectivity index (χ0v) is 39.9. The van der Waals surface area contributed by atoms with E-state index in [2.05, 4.69) is 42.9 Å². The van der Waals surface area contributed by atoms with Crippen LogP contribution in [-0.4, -0.2) is 81.2 Å². The summed E-state index contributed by atoms with van der Waals surface area (Å²) in [6.07, 6.45) is 2.87. The number of aromatic hydroxyl groups is 1. The first-order valence-corrected chi connectivity index (χ1v) is 27.6. The van der Waals surface area contributed by atoms with Gasteiger partial charge in [-0.15, -0.1) is 0 Å². The maximum atomic E-state index is 11.9. The Morgan fingerprint density at radius 1 is 0.677 bits per heavy atom. The third kappa shape index (κ3) is 15.1. The van der Waals surface area contributed by atoms with Crippen LogP contribution in [0.3, 0.4) is 0 Å². The SMILES string of the molecule is CCOC(=O)CS(C)(=O)=O.Cn1c(=O)c(S(C)(=O)=O)c(Cl)c2ccccc21.Cn1c(=O)c(S(C)(=O)=O)c(O)c2ccccc21.Cn1c(=O)oc(=O)c2ccccc21.O=P(Cl)(Cl)Cl. The van der Waals surface area contributed by atoms with Crippen molar-refractivity contribution in [3.8, 4) is 5.75 Å². The molecule has 0 atom stereocenters. The lowest BCUT2D eigenvalue weighted by molar-refractivity contribution is -0.139. The van der Waals surface area contributed by atoms with Gasteiger partial charge in [0, 0.05) is 50.7 Å². The fraction of sp³-hybridized carbons (Fsp3) is 0.250. The van der Waals surface area contributed by atoms with E-state index in [0.717, 1.165) is 18.8 Å². The lowest BCUT2D eigenvalue weighted by atomic mass is 10.2. The van der Waals surface area contributed by atoms with Crippen LogP contribution in [0.1, 0.15) is 6.92 Å². The Morgan fingerprint density at radius 2 is 1.05 bits per heavy atom. The zero-order chi connectivity index (χ0) is 47.7. The van der Waals surface area contributed by atoms with Crippen molar-refractivity contribution in [3.05, 3.63) is 119 Å². The molecule has 0 aliphatic rings. The number of carbonyl (C=O) groups excluding carboxylic acids is 1. The third-order valence-electron chi connectivity index (χ3n) is 7.80. The number of benzene rings is 3. The van der Waals surface area contributed by atoms with Gasteiger partial charge in [-0.25, -0.2) is 34.8 Å². The molecule has 0 amide bonds. The Hall–Kier alpha value is -4.47. The second-order valence-corrected chi connectivity index (χ2v) is 25.7. The van der Waals surface area contributed by atoms with Gasteiger partial charge in [0.1, 0.15) is 11.5 Å². The van der Waals surface area contributed by atoms with Crippen molar-refractivity contribution < 1.29 is 48.9 Å².